The fourth-order valence-corrected chi connectivity index (χ4v) is 3.29. The van der Waals surface area contributed by atoms with E-state index in [9.17, 15) is 9.18 Å². The van der Waals surface area contributed by atoms with Gasteiger partial charge in [-0.15, -0.1) is 11.3 Å². The van der Waals surface area contributed by atoms with E-state index in [1.807, 2.05) is 5.38 Å². The van der Waals surface area contributed by atoms with Gasteiger partial charge in [0, 0.05) is 15.1 Å². The van der Waals surface area contributed by atoms with Crippen LogP contribution in [0.25, 0.3) is 0 Å². The van der Waals surface area contributed by atoms with Crippen molar-refractivity contribution in [1.82, 2.24) is 0 Å². The Kier molecular flexibility index (Phi) is 5.73. The second-order valence-corrected chi connectivity index (χ2v) is 7.40. The Morgan fingerprint density at radius 1 is 1.20 bits per heavy atom. The van der Waals surface area contributed by atoms with E-state index in [0.29, 0.717) is 26.7 Å². The number of carbonyl (C=O) groups excluding carboxylic acids is 1. The van der Waals surface area contributed by atoms with Gasteiger partial charge in [-0.1, -0.05) is 27.5 Å². The molecule has 1 heterocycles. The summed E-state index contributed by atoms with van der Waals surface area (Å²) in [6.45, 7) is 0.331. The summed E-state index contributed by atoms with van der Waals surface area (Å²) in [5, 5.41) is 5.04. The van der Waals surface area contributed by atoms with Gasteiger partial charge in [0.25, 0.3) is 5.91 Å². The van der Waals surface area contributed by atoms with E-state index < -0.39 is 5.82 Å². The van der Waals surface area contributed by atoms with Crippen LogP contribution in [0.1, 0.15) is 15.2 Å². The quantitative estimate of drug-likeness (QED) is 0.518. The molecule has 1 N–H and O–H groups in total. The molecular formula is C18H12BrClFNO2S. The molecule has 2 aromatic carbocycles. The first-order valence-electron chi connectivity index (χ1n) is 7.23. The number of ether oxygens (including phenoxy) is 1. The van der Waals surface area contributed by atoms with Crippen molar-refractivity contribution >= 4 is 50.5 Å². The lowest BCUT2D eigenvalue weighted by Gasteiger charge is -2.05. The largest absolute Gasteiger partial charge is 0.489 e. The molecule has 1 aromatic heterocycles. The fourth-order valence-electron chi connectivity index (χ4n) is 2.04. The Bertz CT molecular complexity index is 898. The minimum Gasteiger partial charge on any atom is -0.489 e. The van der Waals surface area contributed by atoms with Crippen LogP contribution >= 0.6 is 38.9 Å². The molecule has 0 atom stereocenters. The zero-order valence-corrected chi connectivity index (χ0v) is 15.9. The van der Waals surface area contributed by atoms with Gasteiger partial charge in [-0.2, -0.15) is 0 Å². The van der Waals surface area contributed by atoms with E-state index in [2.05, 4.69) is 21.2 Å². The number of nitrogens with one attached hydrogen (secondary N) is 1. The van der Waals surface area contributed by atoms with Crippen LogP contribution in [0.15, 0.2) is 58.4 Å². The van der Waals surface area contributed by atoms with Gasteiger partial charge >= 0.3 is 0 Å². The third kappa shape index (κ3) is 4.81. The predicted octanol–water partition coefficient (Wildman–Crippen LogP) is 6.13. The summed E-state index contributed by atoms with van der Waals surface area (Å²) in [6.07, 6.45) is 0. The molecule has 25 heavy (non-hydrogen) atoms. The van der Waals surface area contributed by atoms with Gasteiger partial charge in [0.1, 0.15) is 18.2 Å². The molecule has 0 aliphatic heterocycles. The summed E-state index contributed by atoms with van der Waals surface area (Å²) in [6, 6.07) is 13.2. The molecule has 3 rings (SSSR count). The highest BCUT2D eigenvalue weighted by Gasteiger charge is 2.12. The number of rotatable bonds is 5. The SMILES string of the molecule is O=C(Nc1ccc(Br)cc1F)c1cc(COc2ccc(Cl)cc2)cs1. The Hall–Kier alpha value is -1.89. The third-order valence-electron chi connectivity index (χ3n) is 3.28. The molecule has 128 valence electrons. The average Bonchev–Trinajstić information content (AvgIpc) is 3.06. The van der Waals surface area contributed by atoms with Crippen LogP contribution in [0, 0.1) is 5.82 Å². The third-order valence-corrected chi connectivity index (χ3v) is 5.00. The first-order valence-corrected chi connectivity index (χ1v) is 9.28. The zero-order valence-electron chi connectivity index (χ0n) is 12.8. The van der Waals surface area contributed by atoms with Crippen molar-refractivity contribution < 1.29 is 13.9 Å². The number of thiophene rings is 1. The van der Waals surface area contributed by atoms with Gasteiger partial charge in [0.2, 0.25) is 0 Å². The van der Waals surface area contributed by atoms with Gasteiger partial charge in [-0.3, -0.25) is 4.79 Å². The van der Waals surface area contributed by atoms with Crippen molar-refractivity contribution in [3.8, 4) is 5.75 Å². The Morgan fingerprint density at radius 3 is 2.68 bits per heavy atom. The topological polar surface area (TPSA) is 38.3 Å². The predicted molar refractivity (Wildman–Crippen MR) is 102 cm³/mol. The molecule has 3 nitrogen and oxygen atoms in total. The summed E-state index contributed by atoms with van der Waals surface area (Å²) >= 11 is 10.3. The van der Waals surface area contributed by atoms with Gasteiger partial charge in [0.05, 0.1) is 10.6 Å². The van der Waals surface area contributed by atoms with Crippen molar-refractivity contribution in [3.63, 3.8) is 0 Å². The maximum atomic E-state index is 13.8. The monoisotopic (exact) mass is 439 g/mol. The van der Waals surface area contributed by atoms with Crippen molar-refractivity contribution in [1.29, 1.82) is 0 Å². The lowest BCUT2D eigenvalue weighted by molar-refractivity contribution is 0.103. The zero-order chi connectivity index (χ0) is 17.8. The van der Waals surface area contributed by atoms with Gasteiger partial charge in [0.15, 0.2) is 0 Å². The number of halogens is 3. The molecule has 0 saturated carbocycles. The Balaban J connectivity index is 1.62. The standard InChI is InChI=1S/C18H12BrClFNO2S/c19-12-1-6-16(15(21)8-12)22-18(23)17-7-11(10-25-17)9-24-14-4-2-13(20)3-5-14/h1-8,10H,9H2,(H,22,23). The highest BCUT2D eigenvalue weighted by atomic mass is 79.9. The minimum atomic E-state index is -0.495. The van der Waals surface area contributed by atoms with Crippen LogP contribution in [0.4, 0.5) is 10.1 Å². The van der Waals surface area contributed by atoms with Gasteiger partial charge < -0.3 is 10.1 Å². The summed E-state index contributed by atoms with van der Waals surface area (Å²) < 4.78 is 20.1. The van der Waals surface area contributed by atoms with E-state index in [1.54, 1.807) is 36.4 Å². The number of amides is 1. The summed E-state index contributed by atoms with van der Waals surface area (Å²) in [4.78, 5) is 12.7. The number of anilines is 1. The van der Waals surface area contributed by atoms with Gasteiger partial charge in [-0.05, 0) is 53.9 Å². The van der Waals surface area contributed by atoms with E-state index >= 15 is 0 Å². The molecular weight excluding hydrogens is 429 g/mol. The molecule has 0 fully saturated rings. The fraction of sp³-hybridized carbons (Fsp3) is 0.0556. The lowest BCUT2D eigenvalue weighted by atomic mass is 10.3. The first-order chi connectivity index (χ1) is 12.0. The van der Waals surface area contributed by atoms with Crippen LogP contribution in [0.3, 0.4) is 0 Å². The average molecular weight is 441 g/mol. The first kappa shape index (κ1) is 17.9. The van der Waals surface area contributed by atoms with Crippen LogP contribution < -0.4 is 10.1 Å². The van der Waals surface area contributed by atoms with Gasteiger partial charge in [-0.25, -0.2) is 4.39 Å². The molecule has 0 unspecified atom stereocenters. The molecule has 3 aromatic rings. The number of hydrogen-bond donors (Lipinski definition) is 1. The van der Waals surface area contributed by atoms with E-state index in [0.717, 1.165) is 5.56 Å². The van der Waals surface area contributed by atoms with Crippen LogP contribution in [0.2, 0.25) is 5.02 Å². The van der Waals surface area contributed by atoms with E-state index in [1.165, 1.54) is 23.5 Å². The van der Waals surface area contributed by atoms with Crippen molar-refractivity contribution in [2.75, 3.05) is 5.32 Å². The normalized spacial score (nSPS) is 10.5. The van der Waals surface area contributed by atoms with Crippen molar-refractivity contribution in [2.24, 2.45) is 0 Å². The lowest BCUT2D eigenvalue weighted by Crippen LogP contribution is -2.11. The summed E-state index contributed by atoms with van der Waals surface area (Å²) in [7, 11) is 0. The second-order valence-electron chi connectivity index (χ2n) is 5.14. The number of carbonyl (C=O) groups is 1. The molecule has 7 heteroatoms. The maximum absolute atomic E-state index is 13.8. The Morgan fingerprint density at radius 2 is 1.96 bits per heavy atom. The number of benzene rings is 2. The van der Waals surface area contributed by atoms with Crippen LogP contribution in [0.5, 0.6) is 5.75 Å². The van der Waals surface area contributed by atoms with Crippen molar-refractivity contribution in [3.05, 3.63) is 79.7 Å². The highest BCUT2D eigenvalue weighted by Crippen LogP contribution is 2.23. The summed E-state index contributed by atoms with van der Waals surface area (Å²) in [5.74, 6) is -0.159. The smallest absolute Gasteiger partial charge is 0.265 e. The second kappa shape index (κ2) is 7.99. The van der Waals surface area contributed by atoms with E-state index in [4.69, 9.17) is 16.3 Å². The van der Waals surface area contributed by atoms with Crippen LogP contribution in [-0.4, -0.2) is 5.91 Å². The molecule has 0 radical (unpaired) electrons. The number of hydrogen-bond acceptors (Lipinski definition) is 3. The molecule has 0 spiro atoms. The highest BCUT2D eigenvalue weighted by molar-refractivity contribution is 9.10. The van der Waals surface area contributed by atoms with Crippen LogP contribution in [-0.2, 0) is 6.61 Å². The molecule has 0 bridgehead atoms. The molecule has 0 aliphatic carbocycles. The molecule has 1 amide bonds. The minimum absolute atomic E-state index is 0.139. The molecule has 0 saturated heterocycles. The Labute approximate surface area is 161 Å². The maximum Gasteiger partial charge on any atom is 0.265 e. The van der Waals surface area contributed by atoms with Crippen molar-refractivity contribution in [2.45, 2.75) is 6.61 Å². The summed E-state index contributed by atoms with van der Waals surface area (Å²) in [5.41, 5.74) is 1.00. The van der Waals surface area contributed by atoms with E-state index in [-0.39, 0.29) is 11.6 Å². The molecule has 0 aliphatic rings.